The molecule has 0 unspecified atom stereocenters. The van der Waals surface area contributed by atoms with Crippen molar-refractivity contribution in [2.45, 2.75) is 18.9 Å². The van der Waals surface area contributed by atoms with Crippen molar-refractivity contribution in [3.05, 3.63) is 78.2 Å². The molecule has 3 aromatic rings. The third-order valence-corrected chi connectivity index (χ3v) is 6.37. The number of hydrogen-bond acceptors (Lipinski definition) is 6. The van der Waals surface area contributed by atoms with Crippen molar-refractivity contribution in [3.8, 4) is 5.75 Å². The zero-order valence-corrected chi connectivity index (χ0v) is 19.1. The average molecular weight is 476 g/mol. The van der Waals surface area contributed by atoms with E-state index in [1.807, 2.05) is 24.3 Å². The number of halogens is 1. The third kappa shape index (κ3) is 5.00. The Hall–Kier alpha value is -3.85. The molecule has 0 aliphatic carbocycles. The SMILES string of the molecule is O=C(c1ccccc1F)N1CCC(Oc2ccc(N(C(=O)C3CNC3)c3cccnn3)cc2)CC1. The molecule has 35 heavy (non-hydrogen) atoms. The molecule has 2 fully saturated rings. The Morgan fingerprint density at radius 3 is 2.37 bits per heavy atom. The maximum atomic E-state index is 14.0. The smallest absolute Gasteiger partial charge is 0.256 e. The lowest BCUT2D eigenvalue weighted by Gasteiger charge is -2.33. The molecule has 0 spiro atoms. The van der Waals surface area contributed by atoms with E-state index in [1.165, 1.54) is 12.1 Å². The molecular weight excluding hydrogens is 449 g/mol. The number of hydrogen-bond donors (Lipinski definition) is 1. The largest absolute Gasteiger partial charge is 0.490 e. The summed E-state index contributed by atoms with van der Waals surface area (Å²) < 4.78 is 20.1. The number of piperidine rings is 1. The maximum absolute atomic E-state index is 14.0. The summed E-state index contributed by atoms with van der Waals surface area (Å²) in [7, 11) is 0. The van der Waals surface area contributed by atoms with E-state index in [-0.39, 0.29) is 29.4 Å². The van der Waals surface area contributed by atoms with Crippen LogP contribution in [0.2, 0.25) is 0 Å². The lowest BCUT2D eigenvalue weighted by atomic mass is 10.0. The molecule has 8 nitrogen and oxygen atoms in total. The molecule has 0 bridgehead atoms. The van der Waals surface area contributed by atoms with Crippen molar-refractivity contribution in [1.82, 2.24) is 20.4 Å². The highest BCUT2D eigenvalue weighted by molar-refractivity contribution is 6.01. The van der Waals surface area contributed by atoms with Crippen LogP contribution in [0.15, 0.2) is 66.9 Å². The molecule has 2 aliphatic rings. The van der Waals surface area contributed by atoms with Crippen LogP contribution in [-0.4, -0.2) is 59.2 Å². The second-order valence-electron chi connectivity index (χ2n) is 8.69. The molecule has 0 atom stereocenters. The highest BCUT2D eigenvalue weighted by atomic mass is 19.1. The fourth-order valence-electron chi connectivity index (χ4n) is 4.28. The predicted molar refractivity (Wildman–Crippen MR) is 128 cm³/mol. The third-order valence-electron chi connectivity index (χ3n) is 6.37. The first-order chi connectivity index (χ1) is 17.1. The Balaban J connectivity index is 1.22. The highest BCUT2D eigenvalue weighted by Gasteiger charge is 2.32. The monoisotopic (exact) mass is 475 g/mol. The van der Waals surface area contributed by atoms with E-state index in [2.05, 4.69) is 15.5 Å². The van der Waals surface area contributed by atoms with E-state index in [1.54, 1.807) is 40.3 Å². The molecule has 0 radical (unpaired) electrons. The van der Waals surface area contributed by atoms with Crippen LogP contribution in [0.3, 0.4) is 0 Å². The van der Waals surface area contributed by atoms with Crippen LogP contribution in [0, 0.1) is 11.7 Å². The maximum Gasteiger partial charge on any atom is 0.256 e. The van der Waals surface area contributed by atoms with E-state index in [9.17, 15) is 14.0 Å². The van der Waals surface area contributed by atoms with Crippen LogP contribution in [0.4, 0.5) is 15.9 Å². The summed E-state index contributed by atoms with van der Waals surface area (Å²) in [5.74, 6) is 0.254. The number of amides is 2. The first-order valence-corrected chi connectivity index (χ1v) is 11.7. The van der Waals surface area contributed by atoms with Crippen LogP contribution in [0.25, 0.3) is 0 Å². The Kier molecular flexibility index (Phi) is 6.67. The molecule has 3 heterocycles. The van der Waals surface area contributed by atoms with Crippen molar-refractivity contribution < 1.29 is 18.7 Å². The number of carbonyl (C=O) groups is 2. The molecule has 2 amide bonds. The Morgan fingerprint density at radius 2 is 1.74 bits per heavy atom. The number of aromatic nitrogens is 2. The minimum absolute atomic E-state index is 0.0233. The second-order valence-corrected chi connectivity index (χ2v) is 8.69. The van der Waals surface area contributed by atoms with Crippen molar-refractivity contribution in [2.75, 3.05) is 31.1 Å². The molecule has 5 rings (SSSR count). The van der Waals surface area contributed by atoms with Gasteiger partial charge in [-0.3, -0.25) is 14.5 Å². The summed E-state index contributed by atoms with van der Waals surface area (Å²) in [4.78, 5) is 29.0. The van der Waals surface area contributed by atoms with Crippen LogP contribution in [0.1, 0.15) is 23.2 Å². The number of ether oxygens (including phenoxy) is 1. The van der Waals surface area contributed by atoms with Crippen molar-refractivity contribution in [2.24, 2.45) is 5.92 Å². The molecule has 2 aromatic carbocycles. The minimum Gasteiger partial charge on any atom is -0.490 e. The van der Waals surface area contributed by atoms with Gasteiger partial charge in [0.05, 0.1) is 17.2 Å². The first-order valence-electron chi connectivity index (χ1n) is 11.7. The molecule has 1 N–H and O–H groups in total. The average Bonchev–Trinajstić information content (AvgIpc) is 2.85. The number of nitrogens with zero attached hydrogens (tertiary/aromatic N) is 4. The zero-order chi connectivity index (χ0) is 24.2. The lowest BCUT2D eigenvalue weighted by Crippen LogP contribution is -2.51. The van der Waals surface area contributed by atoms with Gasteiger partial charge in [0, 0.05) is 45.2 Å². The van der Waals surface area contributed by atoms with E-state index in [0.29, 0.717) is 56.3 Å². The fourth-order valence-corrected chi connectivity index (χ4v) is 4.28. The normalized spacial score (nSPS) is 16.4. The van der Waals surface area contributed by atoms with Crippen LogP contribution in [-0.2, 0) is 4.79 Å². The van der Waals surface area contributed by atoms with Gasteiger partial charge in [0.1, 0.15) is 17.7 Å². The minimum atomic E-state index is -0.501. The topological polar surface area (TPSA) is 87.7 Å². The van der Waals surface area contributed by atoms with Gasteiger partial charge >= 0.3 is 0 Å². The van der Waals surface area contributed by atoms with Crippen molar-refractivity contribution in [3.63, 3.8) is 0 Å². The van der Waals surface area contributed by atoms with Gasteiger partial charge < -0.3 is 15.0 Å². The first kappa shape index (κ1) is 22.9. The zero-order valence-electron chi connectivity index (χ0n) is 19.1. The summed E-state index contributed by atoms with van der Waals surface area (Å²) in [6, 6.07) is 16.9. The van der Waals surface area contributed by atoms with Gasteiger partial charge in [0.25, 0.3) is 5.91 Å². The molecule has 180 valence electrons. The number of anilines is 2. The molecule has 2 aliphatic heterocycles. The number of carbonyl (C=O) groups excluding carboxylic acids is 2. The number of likely N-dealkylation sites (tertiary alicyclic amines) is 1. The number of nitrogens with one attached hydrogen (secondary N) is 1. The van der Waals surface area contributed by atoms with E-state index >= 15 is 0 Å². The predicted octanol–water partition coefficient (Wildman–Crippen LogP) is 3.18. The van der Waals surface area contributed by atoms with Gasteiger partial charge in [-0.2, -0.15) is 5.10 Å². The number of rotatable bonds is 6. The fraction of sp³-hybridized carbons (Fsp3) is 0.308. The summed E-state index contributed by atoms with van der Waals surface area (Å²) in [6.07, 6.45) is 2.83. The molecule has 0 saturated carbocycles. The van der Waals surface area contributed by atoms with Gasteiger partial charge in [0.2, 0.25) is 5.91 Å². The van der Waals surface area contributed by atoms with Gasteiger partial charge in [-0.15, -0.1) is 5.10 Å². The lowest BCUT2D eigenvalue weighted by molar-refractivity contribution is -0.123. The summed E-state index contributed by atoms with van der Waals surface area (Å²) in [6.45, 7) is 2.30. The van der Waals surface area contributed by atoms with E-state index in [0.717, 1.165) is 0 Å². The summed E-state index contributed by atoms with van der Waals surface area (Å²) in [5, 5.41) is 11.2. The Labute approximate surface area is 202 Å². The summed E-state index contributed by atoms with van der Waals surface area (Å²) in [5.41, 5.74) is 0.794. The quantitative estimate of drug-likeness (QED) is 0.589. The van der Waals surface area contributed by atoms with Crippen LogP contribution in [0.5, 0.6) is 5.75 Å². The van der Waals surface area contributed by atoms with Gasteiger partial charge in [-0.1, -0.05) is 12.1 Å². The standard InChI is InChI=1S/C26H26FN5O3/c27-23-5-2-1-4-22(23)26(34)31-14-11-21(12-15-31)35-20-9-7-19(8-10-20)32(24-6-3-13-29-30-24)25(33)18-16-28-17-18/h1-10,13,18,21,28H,11-12,14-17H2. The van der Waals surface area contributed by atoms with Crippen molar-refractivity contribution in [1.29, 1.82) is 0 Å². The van der Waals surface area contributed by atoms with Gasteiger partial charge in [-0.25, -0.2) is 4.39 Å². The molecule has 9 heteroatoms. The second kappa shape index (κ2) is 10.2. The molecular formula is C26H26FN5O3. The van der Waals surface area contributed by atoms with E-state index < -0.39 is 5.82 Å². The van der Waals surface area contributed by atoms with Crippen LogP contribution < -0.4 is 15.0 Å². The number of benzene rings is 2. The van der Waals surface area contributed by atoms with E-state index in [4.69, 9.17) is 4.74 Å². The molecule has 2 saturated heterocycles. The van der Waals surface area contributed by atoms with Crippen molar-refractivity contribution >= 4 is 23.3 Å². The van der Waals surface area contributed by atoms with Crippen LogP contribution >= 0.6 is 0 Å². The Morgan fingerprint density at radius 1 is 1.00 bits per heavy atom. The Bertz CT molecular complexity index is 1180. The summed E-state index contributed by atoms with van der Waals surface area (Å²) >= 11 is 0. The van der Waals surface area contributed by atoms with Gasteiger partial charge in [-0.05, 0) is 48.5 Å². The molecule has 1 aromatic heterocycles. The highest BCUT2D eigenvalue weighted by Crippen LogP contribution is 2.29. The van der Waals surface area contributed by atoms with Gasteiger partial charge in [0.15, 0.2) is 5.82 Å².